The second kappa shape index (κ2) is 11.6. The smallest absolute Gasteiger partial charge is 0.408 e. The van der Waals surface area contributed by atoms with Crippen LogP contribution in [-0.2, 0) is 31.0 Å². The van der Waals surface area contributed by atoms with Gasteiger partial charge in [-0.2, -0.15) is 8.42 Å². The summed E-state index contributed by atoms with van der Waals surface area (Å²) >= 11 is 0. The van der Waals surface area contributed by atoms with Gasteiger partial charge in [-0.3, -0.25) is 0 Å². The predicted octanol–water partition coefficient (Wildman–Crippen LogP) is 5.35. The zero-order valence-electron chi connectivity index (χ0n) is 21.6. The van der Waals surface area contributed by atoms with Gasteiger partial charge in [-0.25, -0.2) is 9.59 Å². The minimum absolute atomic E-state index is 0.0117. The Morgan fingerprint density at radius 3 is 1.95 bits per heavy atom. The van der Waals surface area contributed by atoms with Crippen LogP contribution in [0.5, 0.6) is 5.75 Å². The van der Waals surface area contributed by atoms with Crippen LogP contribution in [0.4, 0.5) is 4.79 Å². The molecule has 4 aromatic carbocycles. The van der Waals surface area contributed by atoms with Crippen LogP contribution in [0.25, 0.3) is 11.1 Å². The first kappa shape index (κ1) is 27.0. The largest absolute Gasteiger partial charge is 0.459 e. The summed E-state index contributed by atoms with van der Waals surface area (Å²) in [4.78, 5) is 26.1. The maximum absolute atomic E-state index is 13.1. The molecule has 204 valence electrons. The van der Waals surface area contributed by atoms with Crippen molar-refractivity contribution in [1.82, 2.24) is 5.32 Å². The molecule has 1 N–H and O–H groups in total. The van der Waals surface area contributed by atoms with Crippen LogP contribution >= 0.6 is 0 Å². The average molecular weight is 558 g/mol. The van der Waals surface area contributed by atoms with E-state index in [1.807, 2.05) is 78.9 Å². The van der Waals surface area contributed by atoms with Crippen molar-refractivity contribution in [2.75, 3.05) is 12.9 Å². The van der Waals surface area contributed by atoms with Crippen LogP contribution in [0.2, 0.25) is 0 Å². The SMILES string of the molecule is CS(=O)(=O)Oc1ccc(C(NC(=O)OCC2c3ccccc3-c3ccccc32)C(=O)OCc2ccccc2)cc1. The Kier molecular flexibility index (Phi) is 7.84. The lowest BCUT2D eigenvalue weighted by molar-refractivity contribution is -0.147. The second-order valence-electron chi connectivity index (χ2n) is 9.35. The van der Waals surface area contributed by atoms with E-state index in [4.69, 9.17) is 13.7 Å². The Hall–Kier alpha value is -4.63. The van der Waals surface area contributed by atoms with Crippen LogP contribution in [0.1, 0.15) is 34.2 Å². The molecule has 0 aliphatic heterocycles. The number of hydrogen-bond donors (Lipinski definition) is 1. The molecular weight excluding hydrogens is 530 g/mol. The molecule has 0 radical (unpaired) electrons. The van der Waals surface area contributed by atoms with E-state index in [2.05, 4.69) is 5.32 Å². The number of esters is 1. The number of benzene rings is 4. The quantitative estimate of drug-likeness (QED) is 0.218. The lowest BCUT2D eigenvalue weighted by Crippen LogP contribution is -2.36. The van der Waals surface area contributed by atoms with Gasteiger partial charge in [0.2, 0.25) is 0 Å². The van der Waals surface area contributed by atoms with E-state index in [0.717, 1.165) is 34.1 Å². The Morgan fingerprint density at radius 1 is 0.775 bits per heavy atom. The average Bonchev–Trinajstić information content (AvgIpc) is 3.27. The molecule has 0 spiro atoms. The van der Waals surface area contributed by atoms with Crippen molar-refractivity contribution in [2.45, 2.75) is 18.6 Å². The molecule has 1 amide bonds. The van der Waals surface area contributed by atoms with Gasteiger partial charge in [0.25, 0.3) is 0 Å². The van der Waals surface area contributed by atoms with Crippen LogP contribution in [0, 0.1) is 0 Å². The summed E-state index contributed by atoms with van der Waals surface area (Å²) in [5.74, 6) is -0.771. The molecule has 5 rings (SSSR count). The fourth-order valence-corrected chi connectivity index (χ4v) is 5.20. The molecule has 4 aromatic rings. The van der Waals surface area contributed by atoms with E-state index < -0.39 is 28.2 Å². The number of hydrogen-bond acceptors (Lipinski definition) is 7. The molecule has 0 saturated heterocycles. The zero-order chi connectivity index (χ0) is 28.1. The summed E-state index contributed by atoms with van der Waals surface area (Å²) in [7, 11) is -3.72. The number of fused-ring (bicyclic) bond motifs is 3. The Balaban J connectivity index is 1.31. The highest BCUT2D eigenvalue weighted by atomic mass is 32.2. The number of carbonyl (C=O) groups excluding carboxylic acids is 2. The molecule has 9 heteroatoms. The van der Waals surface area contributed by atoms with Crippen molar-refractivity contribution >= 4 is 22.2 Å². The van der Waals surface area contributed by atoms with Crippen molar-refractivity contribution in [2.24, 2.45) is 0 Å². The first-order chi connectivity index (χ1) is 19.3. The topological polar surface area (TPSA) is 108 Å². The normalized spacial score (nSPS) is 13.0. The molecule has 40 heavy (non-hydrogen) atoms. The van der Waals surface area contributed by atoms with Crippen molar-refractivity contribution in [1.29, 1.82) is 0 Å². The van der Waals surface area contributed by atoms with Gasteiger partial charge in [0.05, 0.1) is 6.26 Å². The third-order valence-corrected chi connectivity index (χ3v) is 7.02. The number of rotatable bonds is 9. The monoisotopic (exact) mass is 557 g/mol. The van der Waals surface area contributed by atoms with Crippen LogP contribution < -0.4 is 9.50 Å². The van der Waals surface area contributed by atoms with Gasteiger partial charge in [-0.1, -0.05) is 91.0 Å². The Bertz CT molecular complexity index is 1570. The van der Waals surface area contributed by atoms with Crippen molar-refractivity contribution < 1.29 is 31.7 Å². The van der Waals surface area contributed by atoms with Gasteiger partial charge in [0, 0.05) is 5.92 Å². The van der Waals surface area contributed by atoms with Crippen molar-refractivity contribution in [3.63, 3.8) is 0 Å². The summed E-state index contributed by atoms with van der Waals surface area (Å²) < 4.78 is 38.9. The highest BCUT2D eigenvalue weighted by Gasteiger charge is 2.30. The summed E-state index contributed by atoms with van der Waals surface area (Å²) in [6, 6.07) is 29.7. The van der Waals surface area contributed by atoms with Crippen LogP contribution in [0.15, 0.2) is 103 Å². The molecule has 0 fully saturated rings. The van der Waals surface area contributed by atoms with Crippen LogP contribution in [0.3, 0.4) is 0 Å². The number of ether oxygens (including phenoxy) is 2. The number of carbonyl (C=O) groups is 2. The van der Waals surface area contributed by atoms with Gasteiger partial charge in [0.15, 0.2) is 6.04 Å². The molecule has 0 saturated carbocycles. The van der Waals surface area contributed by atoms with E-state index in [1.54, 1.807) is 0 Å². The second-order valence-corrected chi connectivity index (χ2v) is 10.9. The highest BCUT2D eigenvalue weighted by Crippen LogP contribution is 2.44. The summed E-state index contributed by atoms with van der Waals surface area (Å²) in [6.07, 6.45) is 0.142. The molecule has 1 aliphatic rings. The van der Waals surface area contributed by atoms with Crippen molar-refractivity contribution in [3.8, 4) is 16.9 Å². The molecule has 0 heterocycles. The third-order valence-electron chi connectivity index (χ3n) is 6.53. The van der Waals surface area contributed by atoms with E-state index in [-0.39, 0.29) is 24.9 Å². The maximum Gasteiger partial charge on any atom is 0.408 e. The molecule has 1 unspecified atom stereocenters. The summed E-state index contributed by atoms with van der Waals surface area (Å²) in [5.41, 5.74) is 5.49. The lowest BCUT2D eigenvalue weighted by atomic mass is 9.98. The predicted molar refractivity (Wildman–Crippen MR) is 149 cm³/mol. The highest BCUT2D eigenvalue weighted by molar-refractivity contribution is 7.86. The molecule has 0 aromatic heterocycles. The number of amides is 1. The first-order valence-corrected chi connectivity index (χ1v) is 14.4. The molecule has 8 nitrogen and oxygen atoms in total. The molecule has 1 atom stereocenters. The van der Waals surface area contributed by atoms with E-state index in [9.17, 15) is 18.0 Å². The van der Waals surface area contributed by atoms with Gasteiger partial charge in [-0.05, 0) is 45.5 Å². The van der Waals surface area contributed by atoms with E-state index in [1.165, 1.54) is 24.3 Å². The summed E-state index contributed by atoms with van der Waals surface area (Å²) in [5, 5.41) is 2.61. The lowest BCUT2D eigenvalue weighted by Gasteiger charge is -2.20. The fourth-order valence-electron chi connectivity index (χ4n) is 4.74. The van der Waals surface area contributed by atoms with Crippen LogP contribution in [-0.4, -0.2) is 33.3 Å². The molecular formula is C31H27NO7S. The number of alkyl carbamates (subject to hydrolysis) is 1. The minimum atomic E-state index is -3.72. The standard InChI is InChI=1S/C31H27NO7S/c1-40(35,36)39-23-17-15-22(16-18-23)29(30(33)37-19-21-9-3-2-4-10-21)32-31(34)38-20-28-26-13-7-5-11-24(26)25-12-6-8-14-27(25)28/h2-18,28-29H,19-20H2,1H3,(H,32,34). The minimum Gasteiger partial charge on any atom is -0.459 e. The third kappa shape index (κ3) is 6.32. The number of nitrogens with one attached hydrogen (secondary N) is 1. The fraction of sp³-hybridized carbons (Fsp3) is 0.161. The maximum atomic E-state index is 13.1. The van der Waals surface area contributed by atoms with E-state index in [0.29, 0.717) is 5.56 Å². The zero-order valence-corrected chi connectivity index (χ0v) is 22.5. The van der Waals surface area contributed by atoms with E-state index >= 15 is 0 Å². The Labute approximate surface area is 232 Å². The first-order valence-electron chi connectivity index (χ1n) is 12.6. The summed E-state index contributed by atoms with van der Waals surface area (Å²) in [6.45, 7) is 0.0879. The van der Waals surface area contributed by atoms with Gasteiger partial charge >= 0.3 is 22.2 Å². The van der Waals surface area contributed by atoms with Gasteiger partial charge < -0.3 is 19.0 Å². The Morgan fingerprint density at radius 2 is 1.35 bits per heavy atom. The van der Waals surface area contributed by atoms with Crippen molar-refractivity contribution in [3.05, 3.63) is 125 Å². The van der Waals surface area contributed by atoms with Gasteiger partial charge in [-0.15, -0.1) is 0 Å². The molecule has 0 bridgehead atoms. The van der Waals surface area contributed by atoms with Gasteiger partial charge in [0.1, 0.15) is 19.0 Å². The molecule has 1 aliphatic carbocycles.